The van der Waals surface area contributed by atoms with E-state index in [2.05, 4.69) is 11.3 Å². The first-order valence-corrected chi connectivity index (χ1v) is 10.8. The molecule has 8 heteroatoms. The molecule has 1 aliphatic heterocycles. The van der Waals surface area contributed by atoms with E-state index in [1.807, 2.05) is 0 Å². The molecule has 29 heavy (non-hydrogen) atoms. The SMILES string of the molecule is C=CCOc1cccc(NS(=O)(=O)c2ccc(OC)c(C(=O)N3CCCC3)c2)c1. The molecule has 2 aromatic rings. The normalized spacial score (nSPS) is 13.8. The van der Waals surface area contributed by atoms with Crippen LogP contribution in [-0.2, 0) is 10.0 Å². The smallest absolute Gasteiger partial charge is 0.261 e. The summed E-state index contributed by atoms with van der Waals surface area (Å²) in [5.41, 5.74) is 0.593. The van der Waals surface area contributed by atoms with Crippen molar-refractivity contribution in [2.75, 3.05) is 31.5 Å². The molecule has 1 aliphatic rings. The number of rotatable bonds is 8. The third-order valence-corrected chi connectivity index (χ3v) is 5.94. The molecule has 0 bridgehead atoms. The van der Waals surface area contributed by atoms with Crippen LogP contribution in [0.25, 0.3) is 0 Å². The number of benzene rings is 2. The van der Waals surface area contributed by atoms with E-state index in [-0.39, 0.29) is 16.4 Å². The Balaban J connectivity index is 1.87. The Bertz CT molecular complexity index is 998. The van der Waals surface area contributed by atoms with E-state index >= 15 is 0 Å². The molecule has 154 valence electrons. The molecule has 7 nitrogen and oxygen atoms in total. The fraction of sp³-hybridized carbons (Fsp3) is 0.286. The molecule has 1 N–H and O–H groups in total. The van der Waals surface area contributed by atoms with E-state index in [9.17, 15) is 13.2 Å². The molecule has 0 aromatic heterocycles. The van der Waals surface area contributed by atoms with E-state index in [0.29, 0.717) is 36.9 Å². The summed E-state index contributed by atoms with van der Waals surface area (Å²) in [6.45, 7) is 5.22. The number of ether oxygens (including phenoxy) is 2. The monoisotopic (exact) mass is 416 g/mol. The largest absolute Gasteiger partial charge is 0.496 e. The van der Waals surface area contributed by atoms with Crippen LogP contribution in [-0.4, -0.2) is 46.0 Å². The van der Waals surface area contributed by atoms with Gasteiger partial charge in [0.05, 0.1) is 23.3 Å². The van der Waals surface area contributed by atoms with Gasteiger partial charge in [0.2, 0.25) is 0 Å². The summed E-state index contributed by atoms with van der Waals surface area (Å²) in [5.74, 6) is 0.640. The van der Waals surface area contributed by atoms with Crippen molar-refractivity contribution >= 4 is 21.6 Å². The molecular formula is C21H24N2O5S. The second-order valence-corrected chi connectivity index (χ2v) is 8.28. The Morgan fingerprint density at radius 1 is 1.21 bits per heavy atom. The highest BCUT2D eigenvalue weighted by atomic mass is 32.2. The first-order chi connectivity index (χ1) is 13.9. The fourth-order valence-corrected chi connectivity index (χ4v) is 4.21. The van der Waals surface area contributed by atoms with Crippen molar-refractivity contribution in [1.82, 2.24) is 4.90 Å². The topological polar surface area (TPSA) is 84.9 Å². The van der Waals surface area contributed by atoms with Crippen LogP contribution in [0.15, 0.2) is 60.0 Å². The van der Waals surface area contributed by atoms with Gasteiger partial charge in [-0.15, -0.1) is 0 Å². The molecular weight excluding hydrogens is 392 g/mol. The van der Waals surface area contributed by atoms with Crippen LogP contribution >= 0.6 is 0 Å². The molecule has 3 rings (SSSR count). The lowest BCUT2D eigenvalue weighted by Crippen LogP contribution is -2.28. The Kier molecular flexibility index (Phi) is 6.43. The summed E-state index contributed by atoms with van der Waals surface area (Å²) in [6, 6.07) is 10.9. The molecule has 0 aliphatic carbocycles. The second-order valence-electron chi connectivity index (χ2n) is 6.59. The number of methoxy groups -OCH3 is 1. The number of carbonyl (C=O) groups is 1. The van der Waals surface area contributed by atoms with E-state index in [0.717, 1.165) is 12.8 Å². The molecule has 1 saturated heterocycles. The number of carbonyl (C=O) groups excluding carboxylic acids is 1. The summed E-state index contributed by atoms with van der Waals surface area (Å²) < 4.78 is 39.0. The predicted molar refractivity (Wildman–Crippen MR) is 111 cm³/mol. The molecule has 1 amide bonds. The summed E-state index contributed by atoms with van der Waals surface area (Å²) in [7, 11) is -2.45. The van der Waals surface area contributed by atoms with Crippen molar-refractivity contribution in [3.8, 4) is 11.5 Å². The second kappa shape index (κ2) is 9.00. The fourth-order valence-electron chi connectivity index (χ4n) is 3.13. The average Bonchev–Trinajstić information content (AvgIpc) is 3.26. The lowest BCUT2D eigenvalue weighted by molar-refractivity contribution is 0.0789. The molecule has 0 unspecified atom stereocenters. The quantitative estimate of drug-likeness (QED) is 0.668. The van der Waals surface area contributed by atoms with E-state index in [4.69, 9.17) is 9.47 Å². The number of amides is 1. The highest BCUT2D eigenvalue weighted by molar-refractivity contribution is 7.92. The molecule has 0 spiro atoms. The Morgan fingerprint density at radius 2 is 1.97 bits per heavy atom. The number of likely N-dealkylation sites (tertiary alicyclic amines) is 1. The maximum absolute atomic E-state index is 12.9. The first kappa shape index (κ1) is 20.7. The number of nitrogens with zero attached hydrogens (tertiary/aromatic N) is 1. The van der Waals surface area contributed by atoms with Crippen molar-refractivity contribution < 1.29 is 22.7 Å². The van der Waals surface area contributed by atoms with Crippen LogP contribution in [0.1, 0.15) is 23.2 Å². The van der Waals surface area contributed by atoms with Crippen LogP contribution in [0.3, 0.4) is 0 Å². The van der Waals surface area contributed by atoms with Crippen molar-refractivity contribution in [2.45, 2.75) is 17.7 Å². The van der Waals surface area contributed by atoms with Gasteiger partial charge < -0.3 is 14.4 Å². The molecule has 0 atom stereocenters. The van der Waals surface area contributed by atoms with Gasteiger partial charge >= 0.3 is 0 Å². The zero-order chi connectivity index (χ0) is 20.9. The maximum atomic E-state index is 12.9. The minimum Gasteiger partial charge on any atom is -0.496 e. The van der Waals surface area contributed by atoms with Crippen LogP contribution in [0.4, 0.5) is 5.69 Å². The molecule has 0 saturated carbocycles. The molecule has 2 aromatic carbocycles. The molecule has 1 heterocycles. The number of nitrogens with one attached hydrogen (secondary N) is 1. The number of hydrogen-bond donors (Lipinski definition) is 1. The van der Waals surface area contributed by atoms with Gasteiger partial charge in [0.15, 0.2) is 0 Å². The van der Waals surface area contributed by atoms with Gasteiger partial charge in [-0.25, -0.2) is 8.42 Å². The van der Waals surface area contributed by atoms with Crippen LogP contribution in [0.2, 0.25) is 0 Å². The Morgan fingerprint density at radius 3 is 2.66 bits per heavy atom. The summed E-state index contributed by atoms with van der Waals surface area (Å²) in [5, 5.41) is 0. The third-order valence-electron chi connectivity index (χ3n) is 4.56. The van der Waals surface area contributed by atoms with Gasteiger partial charge in [-0.05, 0) is 43.2 Å². The zero-order valence-electron chi connectivity index (χ0n) is 16.3. The Labute approximate surface area is 171 Å². The highest BCUT2D eigenvalue weighted by Gasteiger charge is 2.25. The van der Waals surface area contributed by atoms with Crippen LogP contribution < -0.4 is 14.2 Å². The van der Waals surface area contributed by atoms with Crippen LogP contribution in [0.5, 0.6) is 11.5 Å². The van der Waals surface area contributed by atoms with Crippen molar-refractivity contribution in [3.63, 3.8) is 0 Å². The average molecular weight is 416 g/mol. The van der Waals surface area contributed by atoms with Crippen molar-refractivity contribution in [2.24, 2.45) is 0 Å². The lowest BCUT2D eigenvalue weighted by Gasteiger charge is -2.18. The Hall–Kier alpha value is -3.00. The standard InChI is InChI=1S/C21H24N2O5S/c1-3-13-28-17-8-6-7-16(14-17)22-29(25,26)18-9-10-20(27-2)19(15-18)21(24)23-11-4-5-12-23/h3,6-10,14-15,22H,1,4-5,11-13H2,2H3. The van der Waals surface area contributed by atoms with Gasteiger partial charge in [-0.1, -0.05) is 18.7 Å². The minimum atomic E-state index is -3.91. The maximum Gasteiger partial charge on any atom is 0.261 e. The summed E-state index contributed by atoms with van der Waals surface area (Å²) >= 11 is 0. The van der Waals surface area contributed by atoms with E-state index in [1.165, 1.54) is 25.3 Å². The number of sulfonamides is 1. The summed E-state index contributed by atoms with van der Waals surface area (Å²) in [4.78, 5) is 14.5. The number of hydrogen-bond acceptors (Lipinski definition) is 5. The molecule has 1 fully saturated rings. The van der Waals surface area contributed by atoms with Gasteiger partial charge in [-0.2, -0.15) is 0 Å². The van der Waals surface area contributed by atoms with Crippen molar-refractivity contribution in [1.29, 1.82) is 0 Å². The van der Waals surface area contributed by atoms with Crippen LogP contribution in [0, 0.1) is 0 Å². The van der Waals surface area contributed by atoms with E-state index < -0.39 is 10.0 Å². The predicted octanol–water partition coefficient (Wildman–Crippen LogP) is 3.30. The zero-order valence-corrected chi connectivity index (χ0v) is 17.1. The third kappa shape index (κ3) is 4.89. The van der Waals surface area contributed by atoms with Gasteiger partial charge in [-0.3, -0.25) is 9.52 Å². The highest BCUT2D eigenvalue weighted by Crippen LogP contribution is 2.27. The minimum absolute atomic E-state index is 0.0155. The van der Waals surface area contributed by atoms with Gasteiger partial charge in [0.25, 0.3) is 15.9 Å². The van der Waals surface area contributed by atoms with Gasteiger partial charge in [0.1, 0.15) is 18.1 Å². The first-order valence-electron chi connectivity index (χ1n) is 9.28. The molecule has 0 radical (unpaired) electrons. The van der Waals surface area contributed by atoms with Gasteiger partial charge in [0, 0.05) is 19.2 Å². The van der Waals surface area contributed by atoms with E-state index in [1.54, 1.807) is 35.2 Å². The number of anilines is 1. The lowest BCUT2D eigenvalue weighted by atomic mass is 10.1. The summed E-state index contributed by atoms with van der Waals surface area (Å²) in [6.07, 6.45) is 3.49. The van der Waals surface area contributed by atoms with Crippen molar-refractivity contribution in [3.05, 3.63) is 60.7 Å².